The zero-order chi connectivity index (χ0) is 32.8. The Labute approximate surface area is 301 Å². The van der Waals surface area contributed by atoms with Crippen molar-refractivity contribution < 1.29 is 67.1 Å². The van der Waals surface area contributed by atoms with Crippen LogP contribution in [0.15, 0.2) is 61.7 Å². The molecule has 2 fully saturated rings. The van der Waals surface area contributed by atoms with E-state index in [0.29, 0.717) is 11.1 Å². The molecule has 2 saturated heterocycles. The van der Waals surface area contributed by atoms with E-state index in [1.165, 1.54) is 24.5 Å². The molecule has 16 heteroatoms. The number of pyridine rings is 2. The van der Waals surface area contributed by atoms with Gasteiger partial charge in [-0.1, -0.05) is 0 Å². The summed E-state index contributed by atoms with van der Waals surface area (Å²) in [6.45, 7) is 6.11. The number of amides is 2. The number of carboxylic acids is 2. The minimum atomic E-state index is -1.25. The Bertz CT molecular complexity index is 1600. The zero-order valence-corrected chi connectivity index (χ0v) is 27.6. The molecule has 0 N–H and O–H groups in total. The van der Waals surface area contributed by atoms with Gasteiger partial charge >= 0.3 is 37.7 Å². The minimum absolute atomic E-state index is 0. The third-order valence-corrected chi connectivity index (χ3v) is 8.39. The first-order valence-electron chi connectivity index (χ1n) is 15.0. The second-order valence-electron chi connectivity index (χ2n) is 11.4. The van der Waals surface area contributed by atoms with Crippen LogP contribution in [0.3, 0.4) is 0 Å². The maximum Gasteiger partial charge on any atom is 1.00 e. The number of rotatable bonds is 6. The molecule has 0 spiro atoms. The van der Waals surface area contributed by atoms with Crippen molar-refractivity contribution in [2.45, 2.75) is 51.6 Å². The number of carboxylic acid groups (broad SMARTS) is 2. The molecule has 0 radical (unpaired) electrons. The van der Waals surface area contributed by atoms with Crippen LogP contribution in [0, 0.1) is 0 Å². The summed E-state index contributed by atoms with van der Waals surface area (Å²) in [5.41, 5.74) is 3.11. The smallest absolute Gasteiger partial charge is 0.545 e. The third-order valence-electron chi connectivity index (χ3n) is 8.39. The van der Waals surface area contributed by atoms with Crippen molar-refractivity contribution in [2.24, 2.45) is 0 Å². The Hall–Kier alpha value is -4.21. The van der Waals surface area contributed by atoms with Gasteiger partial charge in [0.15, 0.2) is 0 Å². The minimum Gasteiger partial charge on any atom is -0.545 e. The molecule has 0 bridgehead atoms. The van der Waals surface area contributed by atoms with Crippen molar-refractivity contribution in [2.75, 3.05) is 26.2 Å². The van der Waals surface area contributed by atoms with Gasteiger partial charge < -0.3 is 29.6 Å². The number of hydrogen-bond acceptors (Lipinski definition) is 10. The monoisotopic (exact) mass is 640 g/mol. The first-order chi connectivity index (χ1) is 22.1. The molecular formula is C32H34Li2N8O6. The van der Waals surface area contributed by atoms with E-state index in [4.69, 9.17) is 0 Å². The number of aromatic nitrogens is 6. The van der Waals surface area contributed by atoms with Crippen LogP contribution in [0.1, 0.15) is 72.3 Å². The van der Waals surface area contributed by atoms with E-state index in [1.807, 2.05) is 31.6 Å². The van der Waals surface area contributed by atoms with Gasteiger partial charge in [-0.15, -0.1) is 0 Å². The van der Waals surface area contributed by atoms with Crippen LogP contribution in [0.4, 0.5) is 0 Å². The summed E-state index contributed by atoms with van der Waals surface area (Å²) < 4.78 is 3.77. The third kappa shape index (κ3) is 9.45. The standard InChI is InChI=1S/2C16H18N4O3.2Li/c2*1-11(21)19-4-2-15(3-5-19)20-10-14(9-18-20)12-6-13(16(22)23)8-17-7-12;;/h2*6-10,15H,2-5H2,1H3,(H,22,23);;/q;;2*+1/p-2. The average Bonchev–Trinajstić information content (AvgIpc) is 3.77. The molecule has 2 amide bonds. The van der Waals surface area contributed by atoms with Gasteiger partial charge in [-0.3, -0.25) is 28.9 Å². The van der Waals surface area contributed by atoms with E-state index in [9.17, 15) is 29.4 Å². The van der Waals surface area contributed by atoms with Gasteiger partial charge in [-0.25, -0.2) is 0 Å². The first-order valence-corrected chi connectivity index (χ1v) is 15.0. The summed E-state index contributed by atoms with van der Waals surface area (Å²) in [7, 11) is 0. The van der Waals surface area contributed by atoms with Gasteiger partial charge in [0, 0.05) is 111 Å². The summed E-state index contributed by atoms with van der Waals surface area (Å²) in [5, 5.41) is 30.6. The van der Waals surface area contributed by atoms with Crippen LogP contribution in [0.2, 0.25) is 0 Å². The van der Waals surface area contributed by atoms with Crippen LogP contribution in [0.5, 0.6) is 0 Å². The molecule has 0 unspecified atom stereocenters. The van der Waals surface area contributed by atoms with Gasteiger partial charge in [0.05, 0.1) is 36.4 Å². The van der Waals surface area contributed by atoms with Crippen molar-refractivity contribution in [1.29, 1.82) is 0 Å². The number of carbonyl (C=O) groups excluding carboxylic acids is 4. The molecule has 6 heterocycles. The number of aromatic carboxylic acids is 2. The Morgan fingerprint density at radius 2 is 0.938 bits per heavy atom. The van der Waals surface area contributed by atoms with Gasteiger partial charge in [-0.2, -0.15) is 10.2 Å². The van der Waals surface area contributed by atoms with E-state index in [2.05, 4.69) is 20.2 Å². The van der Waals surface area contributed by atoms with Crippen molar-refractivity contribution in [1.82, 2.24) is 39.3 Å². The summed E-state index contributed by atoms with van der Waals surface area (Å²) in [5.74, 6) is -2.28. The van der Waals surface area contributed by atoms with Gasteiger partial charge in [-0.05, 0) is 37.8 Å². The zero-order valence-electron chi connectivity index (χ0n) is 27.6. The topological polar surface area (TPSA) is 182 Å². The number of hydrogen-bond donors (Lipinski definition) is 0. The maximum absolute atomic E-state index is 11.4. The Morgan fingerprint density at radius 3 is 1.25 bits per heavy atom. The second-order valence-corrected chi connectivity index (χ2v) is 11.4. The summed E-state index contributed by atoms with van der Waals surface area (Å²) in [4.78, 5) is 56.1. The van der Waals surface area contributed by atoms with Gasteiger partial charge in [0.1, 0.15) is 0 Å². The fraction of sp³-hybridized carbons (Fsp3) is 0.375. The maximum atomic E-state index is 11.4. The summed E-state index contributed by atoms with van der Waals surface area (Å²) >= 11 is 0. The normalized spacial score (nSPS) is 15.0. The van der Waals surface area contributed by atoms with Crippen molar-refractivity contribution >= 4 is 23.8 Å². The average molecular weight is 641 g/mol. The molecule has 0 aliphatic carbocycles. The summed E-state index contributed by atoms with van der Waals surface area (Å²) in [6, 6.07) is 3.55. The number of likely N-dealkylation sites (tertiary alicyclic amines) is 2. The molecule has 240 valence electrons. The number of piperidine rings is 2. The fourth-order valence-electron chi connectivity index (χ4n) is 5.68. The molecule has 6 rings (SSSR count). The molecule has 4 aromatic heterocycles. The molecule has 0 aromatic carbocycles. The largest absolute Gasteiger partial charge is 1.00 e. The first kappa shape index (κ1) is 38.2. The predicted octanol–water partition coefficient (Wildman–Crippen LogP) is -5.01. The quantitative estimate of drug-likeness (QED) is 0.185. The van der Waals surface area contributed by atoms with Crippen LogP contribution >= 0.6 is 0 Å². The Morgan fingerprint density at radius 1 is 0.583 bits per heavy atom. The molecule has 48 heavy (non-hydrogen) atoms. The molecular weight excluding hydrogens is 606 g/mol. The predicted molar refractivity (Wildman–Crippen MR) is 161 cm³/mol. The molecule has 0 atom stereocenters. The van der Waals surface area contributed by atoms with Crippen LogP contribution in [-0.2, 0) is 9.59 Å². The number of carbonyl (C=O) groups is 4. The van der Waals surface area contributed by atoms with E-state index in [0.717, 1.165) is 63.0 Å². The van der Waals surface area contributed by atoms with Gasteiger partial charge in [0.25, 0.3) is 0 Å². The van der Waals surface area contributed by atoms with Crippen LogP contribution in [-0.4, -0.2) is 89.3 Å². The van der Waals surface area contributed by atoms with Crippen molar-refractivity contribution in [3.8, 4) is 22.3 Å². The molecule has 2 aliphatic rings. The molecule has 14 nitrogen and oxygen atoms in total. The SMILES string of the molecule is CC(=O)N1CCC(n2cc(-c3cncc(C(=O)[O-])c3)cn2)CC1.CC(=O)N1CCC(n2cc(-c3cncc(C(=O)[O-])c3)cn2)CC1.[Li+].[Li+]. The van der Waals surface area contributed by atoms with Crippen LogP contribution in [0.25, 0.3) is 22.3 Å². The van der Waals surface area contributed by atoms with Crippen LogP contribution < -0.4 is 47.9 Å². The van der Waals surface area contributed by atoms with E-state index >= 15 is 0 Å². The molecule has 0 saturated carbocycles. The number of nitrogens with zero attached hydrogens (tertiary/aromatic N) is 8. The summed E-state index contributed by atoms with van der Waals surface area (Å²) in [6.07, 6.45) is 16.4. The van der Waals surface area contributed by atoms with E-state index < -0.39 is 11.9 Å². The van der Waals surface area contributed by atoms with E-state index in [1.54, 1.807) is 38.6 Å². The van der Waals surface area contributed by atoms with E-state index in [-0.39, 0.29) is 72.7 Å². The Kier molecular flexibility index (Phi) is 13.8. The molecule has 4 aromatic rings. The fourth-order valence-corrected chi connectivity index (χ4v) is 5.68. The Balaban J connectivity index is 0.000000250. The van der Waals surface area contributed by atoms with Crippen molar-refractivity contribution in [3.63, 3.8) is 0 Å². The van der Waals surface area contributed by atoms with Gasteiger partial charge in [0.2, 0.25) is 11.8 Å². The van der Waals surface area contributed by atoms with Crippen molar-refractivity contribution in [3.05, 3.63) is 72.8 Å². The molecule has 2 aliphatic heterocycles. The second kappa shape index (κ2) is 17.3.